The maximum atomic E-state index is 12.5. The summed E-state index contributed by atoms with van der Waals surface area (Å²) < 4.78 is 41.1. The van der Waals surface area contributed by atoms with Gasteiger partial charge in [0.1, 0.15) is 11.5 Å². The van der Waals surface area contributed by atoms with Crippen molar-refractivity contribution in [2.45, 2.75) is 13.5 Å². The van der Waals surface area contributed by atoms with Crippen molar-refractivity contribution in [1.82, 2.24) is 15.5 Å². The molecular formula is C20H22N4O6S. The first-order valence-electron chi connectivity index (χ1n) is 9.12. The molecule has 0 unspecified atom stereocenters. The van der Waals surface area contributed by atoms with Crippen molar-refractivity contribution in [2.75, 3.05) is 25.2 Å². The number of aromatic nitrogens is 2. The van der Waals surface area contributed by atoms with E-state index >= 15 is 0 Å². The number of sulfonamides is 1. The molecule has 0 aliphatic heterocycles. The fourth-order valence-electron chi connectivity index (χ4n) is 2.75. The van der Waals surface area contributed by atoms with E-state index in [-0.39, 0.29) is 18.0 Å². The molecule has 1 heterocycles. The fraction of sp³-hybridized carbons (Fsp3) is 0.250. The van der Waals surface area contributed by atoms with Crippen LogP contribution < -0.4 is 19.5 Å². The van der Waals surface area contributed by atoms with Gasteiger partial charge in [-0.15, -0.1) is 0 Å². The van der Waals surface area contributed by atoms with Crippen molar-refractivity contribution >= 4 is 21.6 Å². The van der Waals surface area contributed by atoms with Crippen LogP contribution >= 0.6 is 0 Å². The highest BCUT2D eigenvalue weighted by Gasteiger charge is 2.16. The van der Waals surface area contributed by atoms with Gasteiger partial charge in [-0.05, 0) is 36.8 Å². The molecule has 0 aliphatic rings. The van der Waals surface area contributed by atoms with Crippen LogP contribution in [0.1, 0.15) is 21.8 Å². The minimum atomic E-state index is -3.46. The highest BCUT2D eigenvalue weighted by atomic mass is 32.2. The van der Waals surface area contributed by atoms with E-state index in [2.05, 4.69) is 20.2 Å². The molecule has 3 aromatic rings. The summed E-state index contributed by atoms with van der Waals surface area (Å²) in [4.78, 5) is 16.8. The van der Waals surface area contributed by atoms with Gasteiger partial charge < -0.3 is 19.3 Å². The summed E-state index contributed by atoms with van der Waals surface area (Å²) in [6.45, 7) is 1.73. The van der Waals surface area contributed by atoms with Crippen LogP contribution in [0.5, 0.6) is 11.5 Å². The predicted octanol–water partition coefficient (Wildman–Crippen LogP) is 2.36. The summed E-state index contributed by atoms with van der Waals surface area (Å²) in [6, 6.07) is 9.91. The van der Waals surface area contributed by atoms with Crippen LogP contribution in [0.3, 0.4) is 0 Å². The number of methoxy groups -OCH3 is 2. The predicted molar refractivity (Wildman–Crippen MR) is 114 cm³/mol. The number of hydrogen-bond donors (Lipinski definition) is 2. The van der Waals surface area contributed by atoms with Crippen LogP contribution in [0, 0.1) is 6.92 Å². The van der Waals surface area contributed by atoms with Crippen LogP contribution in [0.2, 0.25) is 0 Å². The molecule has 0 radical (unpaired) electrons. The highest BCUT2D eigenvalue weighted by Crippen LogP contribution is 2.31. The summed E-state index contributed by atoms with van der Waals surface area (Å²) >= 11 is 0. The third-order valence-electron chi connectivity index (χ3n) is 4.31. The molecule has 0 spiro atoms. The lowest BCUT2D eigenvalue weighted by Gasteiger charge is -2.10. The minimum absolute atomic E-state index is 0.00693. The first-order valence-corrected chi connectivity index (χ1v) is 11.0. The number of anilines is 1. The van der Waals surface area contributed by atoms with E-state index in [4.69, 9.17) is 14.0 Å². The van der Waals surface area contributed by atoms with E-state index in [0.717, 1.165) is 6.26 Å². The van der Waals surface area contributed by atoms with Crippen LogP contribution in [-0.4, -0.2) is 44.9 Å². The lowest BCUT2D eigenvalue weighted by Crippen LogP contribution is -2.23. The largest absolute Gasteiger partial charge is 0.497 e. The van der Waals surface area contributed by atoms with Gasteiger partial charge in [-0.1, -0.05) is 11.2 Å². The molecule has 164 valence electrons. The van der Waals surface area contributed by atoms with Crippen molar-refractivity contribution in [3.05, 3.63) is 53.4 Å². The maximum absolute atomic E-state index is 12.5. The fourth-order valence-corrected chi connectivity index (χ4v) is 3.37. The number of nitrogens with zero attached hydrogens (tertiary/aromatic N) is 2. The van der Waals surface area contributed by atoms with Crippen molar-refractivity contribution in [2.24, 2.45) is 0 Å². The Bertz CT molecular complexity index is 1210. The molecule has 0 fully saturated rings. The molecule has 3 rings (SSSR count). The van der Waals surface area contributed by atoms with Gasteiger partial charge in [0.2, 0.25) is 21.7 Å². The van der Waals surface area contributed by atoms with E-state index in [0.29, 0.717) is 34.1 Å². The Morgan fingerprint density at radius 2 is 1.90 bits per heavy atom. The highest BCUT2D eigenvalue weighted by molar-refractivity contribution is 7.92. The molecule has 0 atom stereocenters. The van der Waals surface area contributed by atoms with E-state index < -0.39 is 15.9 Å². The van der Waals surface area contributed by atoms with Crippen molar-refractivity contribution in [3.8, 4) is 22.9 Å². The Morgan fingerprint density at radius 1 is 1.13 bits per heavy atom. The Labute approximate surface area is 179 Å². The quantitative estimate of drug-likeness (QED) is 0.539. The standard InChI is InChI=1S/C20H22N4O6S/c1-12-5-6-13(9-16(12)24-31(4,26)27)20(25)21-11-18-22-19(23-30-18)15-8-7-14(28-2)10-17(15)29-3/h5-10,24H,11H2,1-4H3,(H,21,25). The first-order chi connectivity index (χ1) is 14.7. The number of hydrogen-bond acceptors (Lipinski definition) is 8. The van der Waals surface area contributed by atoms with E-state index in [1.807, 2.05) is 0 Å². The van der Waals surface area contributed by atoms with Gasteiger partial charge in [-0.25, -0.2) is 8.42 Å². The molecule has 31 heavy (non-hydrogen) atoms. The Kier molecular flexibility index (Phi) is 6.44. The lowest BCUT2D eigenvalue weighted by molar-refractivity contribution is 0.0946. The van der Waals surface area contributed by atoms with Gasteiger partial charge in [0.25, 0.3) is 5.91 Å². The summed E-state index contributed by atoms with van der Waals surface area (Å²) in [5, 5.41) is 6.61. The monoisotopic (exact) mass is 446 g/mol. The van der Waals surface area contributed by atoms with E-state index in [1.165, 1.54) is 13.2 Å². The Morgan fingerprint density at radius 3 is 2.58 bits per heavy atom. The number of benzene rings is 2. The Balaban J connectivity index is 1.71. The summed E-state index contributed by atoms with van der Waals surface area (Å²) in [5.74, 6) is 1.22. The molecular weight excluding hydrogens is 424 g/mol. The number of rotatable bonds is 8. The average Bonchev–Trinajstić information content (AvgIpc) is 3.20. The molecule has 1 aromatic heterocycles. The van der Waals surface area contributed by atoms with Gasteiger partial charge in [0, 0.05) is 11.6 Å². The number of amides is 1. The first kappa shape index (κ1) is 22.1. The van der Waals surface area contributed by atoms with Crippen LogP contribution in [0.4, 0.5) is 5.69 Å². The molecule has 0 bridgehead atoms. The number of nitrogens with one attached hydrogen (secondary N) is 2. The third kappa shape index (κ3) is 5.51. The van der Waals surface area contributed by atoms with Crippen LogP contribution in [0.15, 0.2) is 40.9 Å². The molecule has 11 heteroatoms. The molecule has 0 saturated carbocycles. The zero-order valence-corrected chi connectivity index (χ0v) is 18.2. The normalized spacial score (nSPS) is 11.1. The van der Waals surface area contributed by atoms with E-state index in [9.17, 15) is 13.2 Å². The van der Waals surface area contributed by atoms with Gasteiger partial charge in [0.05, 0.1) is 38.3 Å². The molecule has 2 aromatic carbocycles. The number of aryl methyl sites for hydroxylation is 1. The lowest BCUT2D eigenvalue weighted by atomic mass is 10.1. The smallest absolute Gasteiger partial charge is 0.251 e. The number of carbonyl (C=O) groups excluding carboxylic acids is 1. The minimum Gasteiger partial charge on any atom is -0.497 e. The second-order valence-corrected chi connectivity index (χ2v) is 8.41. The van der Waals surface area contributed by atoms with Crippen LogP contribution in [-0.2, 0) is 16.6 Å². The van der Waals surface area contributed by atoms with Crippen molar-refractivity contribution in [3.63, 3.8) is 0 Å². The molecule has 1 amide bonds. The van der Waals surface area contributed by atoms with Gasteiger partial charge >= 0.3 is 0 Å². The molecule has 0 saturated heterocycles. The molecule has 10 nitrogen and oxygen atoms in total. The second kappa shape index (κ2) is 9.04. The summed E-state index contributed by atoms with van der Waals surface area (Å²) in [5.41, 5.74) is 1.92. The summed E-state index contributed by atoms with van der Waals surface area (Å²) in [7, 11) is -0.389. The maximum Gasteiger partial charge on any atom is 0.251 e. The van der Waals surface area contributed by atoms with Crippen LogP contribution in [0.25, 0.3) is 11.4 Å². The van der Waals surface area contributed by atoms with Crippen molar-refractivity contribution < 1.29 is 27.2 Å². The summed E-state index contributed by atoms with van der Waals surface area (Å²) in [6.07, 6.45) is 1.05. The van der Waals surface area contributed by atoms with Crippen molar-refractivity contribution in [1.29, 1.82) is 0 Å². The zero-order valence-electron chi connectivity index (χ0n) is 17.4. The van der Waals surface area contributed by atoms with Gasteiger partial charge in [-0.2, -0.15) is 4.98 Å². The molecule has 0 aliphatic carbocycles. The third-order valence-corrected chi connectivity index (χ3v) is 4.90. The average molecular weight is 446 g/mol. The topological polar surface area (TPSA) is 133 Å². The zero-order chi connectivity index (χ0) is 22.6. The molecule has 2 N–H and O–H groups in total. The SMILES string of the molecule is COc1ccc(-c2noc(CNC(=O)c3ccc(C)c(NS(C)(=O)=O)c3)n2)c(OC)c1. The second-order valence-electron chi connectivity index (χ2n) is 6.66. The van der Waals surface area contributed by atoms with Gasteiger partial charge in [0.15, 0.2) is 0 Å². The number of carbonyl (C=O) groups is 1. The van der Waals surface area contributed by atoms with Gasteiger partial charge in [-0.3, -0.25) is 9.52 Å². The van der Waals surface area contributed by atoms with E-state index in [1.54, 1.807) is 44.4 Å². The number of ether oxygens (including phenoxy) is 2. The Hall–Kier alpha value is -3.60.